The molecule has 0 radical (unpaired) electrons. The lowest BCUT2D eigenvalue weighted by Crippen LogP contribution is -2.11. The number of fused-ring (bicyclic) bond motifs is 1. The van der Waals surface area contributed by atoms with Crippen molar-refractivity contribution in [3.8, 4) is 0 Å². The Balaban J connectivity index is 2.21. The molecule has 1 heterocycles. The summed E-state index contributed by atoms with van der Waals surface area (Å²) in [5.74, 6) is 0.0239. The Hall–Kier alpha value is -0.590. The lowest BCUT2D eigenvalue weighted by molar-refractivity contribution is -0.115. The maximum atomic E-state index is 11.5. The minimum absolute atomic E-state index is 0.0239. The number of hydrogen-bond donors (Lipinski definition) is 1. The number of nitrogens with one attached hydrogen (secondary N) is 1. The second kappa shape index (κ2) is 5.84. The van der Waals surface area contributed by atoms with Crippen molar-refractivity contribution in [2.75, 3.05) is 16.9 Å². The number of benzene rings is 1. The number of aromatic nitrogens is 1. The summed E-state index contributed by atoms with van der Waals surface area (Å²) < 4.78 is 2.15. The molecule has 0 aliphatic carbocycles. The van der Waals surface area contributed by atoms with E-state index in [0.717, 1.165) is 20.2 Å². The molecule has 2 aromatic rings. The molecule has 0 atom stereocenters. The summed E-state index contributed by atoms with van der Waals surface area (Å²) in [6.45, 7) is 0. The molecule has 1 aromatic carbocycles. The van der Waals surface area contributed by atoms with Crippen LogP contribution in [0.15, 0.2) is 22.5 Å². The van der Waals surface area contributed by atoms with Gasteiger partial charge >= 0.3 is 0 Å². The standard InChI is InChI=1S/C11H11BrN2OS2/c1-16-11-14-8-3-2-7(6-9(8)17-11)13-10(15)4-5-12/h2-3,6H,4-5H2,1H3,(H,13,15). The third kappa shape index (κ3) is 3.20. The van der Waals surface area contributed by atoms with Crippen LogP contribution in [0.4, 0.5) is 5.69 Å². The van der Waals surface area contributed by atoms with Crippen LogP contribution < -0.4 is 5.32 Å². The van der Waals surface area contributed by atoms with Crippen LogP contribution in [0, 0.1) is 0 Å². The summed E-state index contributed by atoms with van der Waals surface area (Å²) in [5, 5.41) is 3.54. The molecule has 0 fully saturated rings. The highest BCUT2D eigenvalue weighted by Gasteiger charge is 2.05. The predicted molar refractivity (Wildman–Crippen MR) is 78.4 cm³/mol. The highest BCUT2D eigenvalue weighted by Crippen LogP contribution is 2.29. The van der Waals surface area contributed by atoms with Crippen molar-refractivity contribution in [3.05, 3.63) is 18.2 Å². The predicted octanol–water partition coefficient (Wildman–Crippen LogP) is 3.74. The smallest absolute Gasteiger partial charge is 0.225 e. The lowest BCUT2D eigenvalue weighted by atomic mass is 10.3. The summed E-state index contributed by atoms with van der Waals surface area (Å²) in [7, 11) is 0. The fourth-order valence-corrected chi connectivity index (χ4v) is 3.27. The van der Waals surface area contributed by atoms with Gasteiger partial charge in [-0.3, -0.25) is 4.79 Å². The molecule has 6 heteroatoms. The van der Waals surface area contributed by atoms with Crippen molar-refractivity contribution in [1.29, 1.82) is 0 Å². The van der Waals surface area contributed by atoms with Crippen molar-refractivity contribution < 1.29 is 4.79 Å². The third-order valence-electron chi connectivity index (χ3n) is 2.15. The van der Waals surface area contributed by atoms with E-state index in [-0.39, 0.29) is 5.91 Å². The molecule has 90 valence electrons. The van der Waals surface area contributed by atoms with Gasteiger partial charge in [0.2, 0.25) is 5.91 Å². The molecule has 1 aromatic heterocycles. The molecule has 0 spiro atoms. The number of amides is 1. The van der Waals surface area contributed by atoms with Crippen LogP contribution in [0.1, 0.15) is 6.42 Å². The van der Waals surface area contributed by atoms with Gasteiger partial charge in [-0.05, 0) is 24.5 Å². The fourth-order valence-electron chi connectivity index (χ4n) is 1.38. The third-order valence-corrected chi connectivity index (χ3v) is 4.55. The van der Waals surface area contributed by atoms with Crippen molar-refractivity contribution in [2.45, 2.75) is 10.8 Å². The van der Waals surface area contributed by atoms with Crippen molar-refractivity contribution in [1.82, 2.24) is 4.98 Å². The van der Waals surface area contributed by atoms with Crippen LogP contribution in [0.2, 0.25) is 0 Å². The van der Waals surface area contributed by atoms with E-state index in [1.54, 1.807) is 23.1 Å². The Bertz CT molecular complexity index is 541. The normalized spacial score (nSPS) is 10.7. The Morgan fingerprint density at radius 3 is 3.12 bits per heavy atom. The number of nitrogens with zero attached hydrogens (tertiary/aromatic N) is 1. The van der Waals surface area contributed by atoms with Gasteiger partial charge in [0.15, 0.2) is 4.34 Å². The van der Waals surface area contributed by atoms with Crippen molar-refractivity contribution in [3.63, 3.8) is 0 Å². The van der Waals surface area contributed by atoms with Crippen molar-refractivity contribution in [2.24, 2.45) is 0 Å². The number of carbonyl (C=O) groups is 1. The van der Waals surface area contributed by atoms with Crippen LogP contribution >= 0.6 is 39.0 Å². The van der Waals surface area contributed by atoms with Crippen LogP contribution in [0.5, 0.6) is 0 Å². The van der Waals surface area contributed by atoms with E-state index in [1.165, 1.54) is 0 Å². The van der Waals surface area contributed by atoms with Crippen LogP contribution in [0.3, 0.4) is 0 Å². The molecule has 0 aliphatic heterocycles. The molecular formula is C11H11BrN2OS2. The van der Waals surface area contributed by atoms with Gasteiger partial charge < -0.3 is 5.32 Å². The molecule has 1 amide bonds. The zero-order chi connectivity index (χ0) is 12.3. The van der Waals surface area contributed by atoms with E-state index in [9.17, 15) is 4.79 Å². The van der Waals surface area contributed by atoms with E-state index >= 15 is 0 Å². The largest absolute Gasteiger partial charge is 0.326 e. The van der Waals surface area contributed by atoms with E-state index in [2.05, 4.69) is 26.2 Å². The average Bonchev–Trinajstić information content (AvgIpc) is 2.71. The van der Waals surface area contributed by atoms with Gasteiger partial charge in [-0.15, -0.1) is 11.3 Å². The van der Waals surface area contributed by atoms with E-state index < -0.39 is 0 Å². The molecule has 0 aliphatic rings. The monoisotopic (exact) mass is 330 g/mol. The Labute approximate surface area is 116 Å². The van der Waals surface area contributed by atoms with Crippen LogP contribution in [-0.2, 0) is 4.79 Å². The van der Waals surface area contributed by atoms with Crippen LogP contribution in [-0.4, -0.2) is 22.5 Å². The van der Waals surface area contributed by atoms with Crippen LogP contribution in [0.25, 0.3) is 10.2 Å². The number of anilines is 1. The minimum atomic E-state index is 0.0239. The quantitative estimate of drug-likeness (QED) is 0.685. The average molecular weight is 331 g/mol. The topological polar surface area (TPSA) is 42.0 Å². The first-order chi connectivity index (χ1) is 8.22. The lowest BCUT2D eigenvalue weighted by Gasteiger charge is -2.03. The Morgan fingerprint density at radius 2 is 2.41 bits per heavy atom. The zero-order valence-electron chi connectivity index (χ0n) is 9.20. The molecule has 0 saturated carbocycles. The number of alkyl halides is 1. The summed E-state index contributed by atoms with van der Waals surface area (Å²) in [6.07, 6.45) is 2.49. The highest BCUT2D eigenvalue weighted by molar-refractivity contribution is 9.09. The first-order valence-electron chi connectivity index (χ1n) is 5.03. The first kappa shape index (κ1) is 12.9. The van der Waals surface area contributed by atoms with E-state index in [1.807, 2.05) is 24.5 Å². The number of halogens is 1. The zero-order valence-corrected chi connectivity index (χ0v) is 12.4. The Kier molecular flexibility index (Phi) is 4.42. The minimum Gasteiger partial charge on any atom is -0.326 e. The summed E-state index contributed by atoms with van der Waals surface area (Å²) in [4.78, 5) is 15.9. The number of carbonyl (C=O) groups excluding carboxylic acids is 1. The van der Waals surface area contributed by atoms with Gasteiger partial charge in [0.25, 0.3) is 0 Å². The maximum Gasteiger partial charge on any atom is 0.225 e. The molecule has 17 heavy (non-hydrogen) atoms. The van der Waals surface area contributed by atoms with Crippen molar-refractivity contribution >= 4 is 60.8 Å². The molecule has 1 N–H and O–H groups in total. The molecule has 0 unspecified atom stereocenters. The Morgan fingerprint density at radius 1 is 1.59 bits per heavy atom. The molecule has 2 rings (SSSR count). The summed E-state index contributed by atoms with van der Waals surface area (Å²) >= 11 is 6.52. The number of thiazole rings is 1. The summed E-state index contributed by atoms with van der Waals surface area (Å²) in [6, 6.07) is 5.80. The first-order valence-corrected chi connectivity index (χ1v) is 8.19. The van der Waals surface area contributed by atoms with Gasteiger partial charge in [-0.2, -0.15) is 0 Å². The molecule has 0 saturated heterocycles. The second-order valence-corrected chi connectivity index (χ2v) is 6.23. The SMILES string of the molecule is CSc1nc2ccc(NC(=O)CCBr)cc2s1. The van der Waals surface area contributed by atoms with Gasteiger partial charge in [0.05, 0.1) is 10.2 Å². The highest BCUT2D eigenvalue weighted by atomic mass is 79.9. The van der Waals surface area contributed by atoms with E-state index in [4.69, 9.17) is 0 Å². The maximum absolute atomic E-state index is 11.5. The fraction of sp³-hybridized carbons (Fsp3) is 0.273. The summed E-state index contributed by atoms with van der Waals surface area (Å²) in [5.41, 5.74) is 1.82. The molecule has 3 nitrogen and oxygen atoms in total. The number of hydrogen-bond acceptors (Lipinski definition) is 4. The van der Waals surface area contributed by atoms with E-state index in [0.29, 0.717) is 11.8 Å². The second-order valence-electron chi connectivity index (χ2n) is 3.35. The number of thioether (sulfide) groups is 1. The molecule has 0 bridgehead atoms. The van der Waals surface area contributed by atoms with Gasteiger partial charge in [0, 0.05) is 17.4 Å². The van der Waals surface area contributed by atoms with Gasteiger partial charge in [0.1, 0.15) is 0 Å². The van der Waals surface area contributed by atoms with Gasteiger partial charge in [-0.1, -0.05) is 27.7 Å². The number of rotatable bonds is 4. The molecular weight excluding hydrogens is 320 g/mol. The van der Waals surface area contributed by atoms with Gasteiger partial charge in [-0.25, -0.2) is 4.98 Å².